The summed E-state index contributed by atoms with van der Waals surface area (Å²) in [7, 11) is -3.40. The van der Waals surface area contributed by atoms with Gasteiger partial charge in [-0.15, -0.1) is 0 Å². The summed E-state index contributed by atoms with van der Waals surface area (Å²) in [6, 6.07) is 5.54. The van der Waals surface area contributed by atoms with Crippen LogP contribution in [0.2, 0.25) is 0 Å². The predicted octanol–water partition coefficient (Wildman–Crippen LogP) is 4.48. The average molecular weight is 346 g/mol. The lowest BCUT2D eigenvalue weighted by atomic mass is 10.1. The molecule has 1 aromatic rings. The van der Waals surface area contributed by atoms with Crippen LogP contribution in [0.25, 0.3) is 0 Å². The van der Waals surface area contributed by atoms with Crippen LogP contribution in [0.1, 0.15) is 45.3 Å². The Morgan fingerprint density at radius 3 is 2.17 bits per heavy atom. The summed E-state index contributed by atoms with van der Waals surface area (Å²) in [5.41, 5.74) is 0.551. The Labute approximate surface area is 136 Å². The normalized spacial score (nSPS) is 12.9. The van der Waals surface area contributed by atoms with E-state index in [9.17, 15) is 13.8 Å². The van der Waals surface area contributed by atoms with Gasteiger partial charge in [-0.2, -0.15) is 0 Å². The largest absolute Gasteiger partial charge is 0.457 e. The number of ether oxygens (including phenoxy) is 1. The van der Waals surface area contributed by atoms with Crippen molar-refractivity contribution in [2.75, 3.05) is 19.4 Å². The van der Waals surface area contributed by atoms with Crippen molar-refractivity contribution in [3.63, 3.8) is 0 Å². The van der Waals surface area contributed by atoms with E-state index >= 15 is 0 Å². The summed E-state index contributed by atoms with van der Waals surface area (Å²) in [5, 5.41) is 0. The van der Waals surface area contributed by atoms with Gasteiger partial charge in [-0.1, -0.05) is 19.1 Å². The molecule has 7 heteroatoms. The van der Waals surface area contributed by atoms with Crippen LogP contribution in [0.15, 0.2) is 24.3 Å². The van der Waals surface area contributed by atoms with Crippen LogP contribution in [0.5, 0.6) is 0 Å². The number of esters is 1. The first-order valence-electron chi connectivity index (χ1n) is 7.77. The standard InChI is InChI=1S/C16H24FO5P/c1-4-7-16(18)22-15(13-8-10-14(17)11-9-13)12-23(19,20-5-2)21-6-3/h8-11,15H,4-7,12H2,1-3H3. The fourth-order valence-corrected chi connectivity index (χ4v) is 3.81. The van der Waals surface area contributed by atoms with E-state index in [0.29, 0.717) is 12.0 Å². The van der Waals surface area contributed by atoms with Gasteiger partial charge in [0.05, 0.1) is 19.4 Å². The third-order valence-electron chi connectivity index (χ3n) is 3.01. The lowest BCUT2D eigenvalue weighted by Crippen LogP contribution is -2.16. The molecule has 0 N–H and O–H groups in total. The molecule has 0 saturated carbocycles. The molecule has 0 aliphatic rings. The van der Waals surface area contributed by atoms with Crippen LogP contribution in [-0.4, -0.2) is 25.3 Å². The lowest BCUT2D eigenvalue weighted by Gasteiger charge is -2.23. The maximum atomic E-state index is 13.1. The zero-order valence-electron chi connectivity index (χ0n) is 13.8. The summed E-state index contributed by atoms with van der Waals surface area (Å²) in [6.07, 6.45) is -0.0107. The van der Waals surface area contributed by atoms with E-state index in [0.717, 1.165) is 0 Å². The molecule has 0 radical (unpaired) electrons. The second-order valence-electron chi connectivity index (χ2n) is 4.91. The van der Waals surface area contributed by atoms with Crippen LogP contribution in [0.3, 0.4) is 0 Å². The fraction of sp³-hybridized carbons (Fsp3) is 0.562. The third kappa shape index (κ3) is 6.81. The highest BCUT2D eigenvalue weighted by Crippen LogP contribution is 2.51. The summed E-state index contributed by atoms with van der Waals surface area (Å²) in [5.74, 6) is -0.799. The number of hydrogen-bond acceptors (Lipinski definition) is 5. The molecule has 1 atom stereocenters. The number of benzene rings is 1. The summed E-state index contributed by atoms with van der Waals surface area (Å²) >= 11 is 0. The SMILES string of the molecule is CCCC(=O)OC(CP(=O)(OCC)OCC)c1ccc(F)cc1. The molecule has 0 aliphatic heterocycles. The molecule has 0 aliphatic carbocycles. The Hall–Kier alpha value is -1.23. The van der Waals surface area contributed by atoms with Crippen molar-refractivity contribution >= 4 is 13.6 Å². The highest BCUT2D eigenvalue weighted by molar-refractivity contribution is 7.53. The van der Waals surface area contributed by atoms with Crippen LogP contribution in [0.4, 0.5) is 4.39 Å². The molecule has 5 nitrogen and oxygen atoms in total. The van der Waals surface area contributed by atoms with Gasteiger partial charge in [0.25, 0.3) is 0 Å². The van der Waals surface area contributed by atoms with Gasteiger partial charge in [-0.05, 0) is 38.0 Å². The first-order valence-corrected chi connectivity index (χ1v) is 9.50. The first-order chi connectivity index (χ1) is 10.9. The summed E-state index contributed by atoms with van der Waals surface area (Å²) in [6.45, 7) is 5.72. The van der Waals surface area contributed by atoms with E-state index in [1.54, 1.807) is 13.8 Å². The van der Waals surface area contributed by atoms with E-state index in [4.69, 9.17) is 13.8 Å². The maximum absolute atomic E-state index is 13.1. The minimum Gasteiger partial charge on any atom is -0.457 e. The molecule has 0 aromatic heterocycles. The van der Waals surface area contributed by atoms with E-state index in [1.807, 2.05) is 6.92 Å². The van der Waals surface area contributed by atoms with Crippen LogP contribution in [0, 0.1) is 5.82 Å². The van der Waals surface area contributed by atoms with Gasteiger partial charge in [0.1, 0.15) is 11.9 Å². The molecular formula is C16H24FO5P. The molecular weight excluding hydrogens is 322 g/mol. The quantitative estimate of drug-likeness (QED) is 0.462. The molecule has 0 bridgehead atoms. The van der Waals surface area contributed by atoms with Crippen LogP contribution < -0.4 is 0 Å². The zero-order valence-corrected chi connectivity index (χ0v) is 14.7. The Kier molecular flexibility index (Phi) is 8.45. The van der Waals surface area contributed by atoms with E-state index in [1.165, 1.54) is 24.3 Å². The van der Waals surface area contributed by atoms with Gasteiger partial charge in [-0.3, -0.25) is 9.36 Å². The molecule has 0 spiro atoms. The monoisotopic (exact) mass is 346 g/mol. The van der Waals surface area contributed by atoms with Crippen LogP contribution >= 0.6 is 7.60 Å². The second kappa shape index (κ2) is 9.81. The number of hydrogen-bond donors (Lipinski definition) is 0. The minimum atomic E-state index is -3.40. The van der Waals surface area contributed by atoms with Crippen molar-refractivity contribution in [1.82, 2.24) is 0 Å². The smallest absolute Gasteiger partial charge is 0.334 e. The maximum Gasteiger partial charge on any atom is 0.334 e. The fourth-order valence-electron chi connectivity index (χ4n) is 2.05. The minimum absolute atomic E-state index is 0.101. The third-order valence-corrected chi connectivity index (χ3v) is 5.09. The van der Waals surface area contributed by atoms with E-state index < -0.39 is 25.5 Å². The number of carbonyl (C=O) groups is 1. The highest BCUT2D eigenvalue weighted by Gasteiger charge is 2.31. The van der Waals surface area contributed by atoms with Gasteiger partial charge in [0.2, 0.25) is 0 Å². The van der Waals surface area contributed by atoms with Gasteiger partial charge in [-0.25, -0.2) is 4.39 Å². The van der Waals surface area contributed by atoms with Crippen molar-refractivity contribution in [2.45, 2.75) is 39.7 Å². The number of rotatable bonds is 10. The number of halogens is 1. The van der Waals surface area contributed by atoms with Crippen LogP contribution in [-0.2, 0) is 23.1 Å². The van der Waals surface area contributed by atoms with E-state index in [-0.39, 0.29) is 25.8 Å². The number of carbonyl (C=O) groups excluding carboxylic acids is 1. The topological polar surface area (TPSA) is 61.8 Å². The molecule has 23 heavy (non-hydrogen) atoms. The molecule has 0 amide bonds. The van der Waals surface area contributed by atoms with E-state index in [2.05, 4.69) is 0 Å². The van der Waals surface area contributed by atoms with Crippen molar-refractivity contribution in [3.05, 3.63) is 35.6 Å². The molecule has 1 unspecified atom stereocenters. The molecule has 0 saturated heterocycles. The predicted molar refractivity (Wildman–Crippen MR) is 85.9 cm³/mol. The van der Waals surface area contributed by atoms with Gasteiger partial charge in [0.15, 0.2) is 0 Å². The molecule has 0 fully saturated rings. The van der Waals surface area contributed by atoms with Gasteiger partial charge < -0.3 is 13.8 Å². The highest BCUT2D eigenvalue weighted by atomic mass is 31.2. The molecule has 1 aromatic carbocycles. The molecule has 1 rings (SSSR count). The summed E-state index contributed by atoms with van der Waals surface area (Å²) in [4.78, 5) is 11.8. The average Bonchev–Trinajstić information content (AvgIpc) is 2.48. The lowest BCUT2D eigenvalue weighted by molar-refractivity contribution is -0.148. The van der Waals surface area contributed by atoms with Crippen molar-refractivity contribution in [3.8, 4) is 0 Å². The first kappa shape index (κ1) is 19.8. The Bertz CT molecular complexity index is 522. The summed E-state index contributed by atoms with van der Waals surface area (Å²) < 4.78 is 41.7. The van der Waals surface area contributed by atoms with Gasteiger partial charge >= 0.3 is 13.6 Å². The molecule has 0 heterocycles. The Morgan fingerprint density at radius 2 is 1.70 bits per heavy atom. The van der Waals surface area contributed by atoms with Crippen molar-refractivity contribution < 1.29 is 27.5 Å². The zero-order chi connectivity index (χ0) is 17.3. The second-order valence-corrected chi connectivity index (χ2v) is 7.01. The Balaban J connectivity index is 3.00. The van der Waals surface area contributed by atoms with Gasteiger partial charge in [0, 0.05) is 6.42 Å². The Morgan fingerprint density at radius 1 is 1.13 bits per heavy atom. The van der Waals surface area contributed by atoms with Crippen molar-refractivity contribution in [2.24, 2.45) is 0 Å². The molecule has 130 valence electrons. The van der Waals surface area contributed by atoms with Crippen molar-refractivity contribution in [1.29, 1.82) is 0 Å².